The van der Waals surface area contributed by atoms with Crippen LogP contribution in [0.5, 0.6) is 0 Å². The highest BCUT2D eigenvalue weighted by molar-refractivity contribution is 9.12. The van der Waals surface area contributed by atoms with Crippen molar-refractivity contribution >= 4 is 41.7 Å². The first kappa shape index (κ1) is 16.0. The maximum absolute atomic E-state index is 13.5. The second-order valence-corrected chi connectivity index (χ2v) is 7.95. The van der Waals surface area contributed by atoms with E-state index in [1.165, 1.54) is 24.3 Å². The van der Waals surface area contributed by atoms with Gasteiger partial charge < -0.3 is 0 Å². The summed E-state index contributed by atoms with van der Waals surface area (Å²) in [6, 6.07) is 7.28. The Morgan fingerprint density at radius 2 is 1.56 bits per heavy atom. The van der Waals surface area contributed by atoms with Crippen LogP contribution in [0.25, 0.3) is 0 Å². The highest BCUT2D eigenvalue weighted by atomic mass is 79.9. The van der Waals surface area contributed by atoms with Gasteiger partial charge in [-0.15, -0.1) is 0 Å². The highest BCUT2D eigenvalue weighted by Gasteiger charge is 2.51. The molecule has 2 nitrogen and oxygen atoms in total. The molecule has 0 saturated heterocycles. The molecule has 0 aliphatic heterocycles. The maximum Gasteiger partial charge on any atom is 0.344 e. The fraction of sp³-hybridized carbons (Fsp3) is 0.400. The van der Waals surface area contributed by atoms with Gasteiger partial charge in [0.25, 0.3) is 0 Å². The topological polar surface area (TPSA) is 34.1 Å². The fourth-order valence-electron chi connectivity index (χ4n) is 1.15. The van der Waals surface area contributed by atoms with Crippen molar-refractivity contribution in [3.8, 4) is 0 Å². The van der Waals surface area contributed by atoms with Gasteiger partial charge in [0.15, 0.2) is 9.84 Å². The van der Waals surface area contributed by atoms with Gasteiger partial charge in [0.05, 0.1) is 10.6 Å². The van der Waals surface area contributed by atoms with Gasteiger partial charge in [0.2, 0.25) is 4.58 Å². The molecule has 0 aliphatic carbocycles. The molecule has 0 heterocycles. The number of benzene rings is 1. The molecule has 0 unspecified atom stereocenters. The molecular formula is C10H9Br2F3O2S. The third kappa shape index (κ3) is 3.96. The van der Waals surface area contributed by atoms with Crippen molar-refractivity contribution in [2.45, 2.75) is 20.7 Å². The zero-order valence-corrected chi connectivity index (χ0v) is 12.9. The molecule has 0 aliphatic rings. The number of hydrogen-bond acceptors (Lipinski definition) is 2. The first-order valence-corrected chi connectivity index (χ1v) is 8.02. The second kappa shape index (κ2) is 5.50. The fourth-order valence-corrected chi connectivity index (χ4v) is 3.17. The molecule has 18 heavy (non-hydrogen) atoms. The van der Waals surface area contributed by atoms with Gasteiger partial charge in [-0.3, -0.25) is 0 Å². The van der Waals surface area contributed by atoms with Gasteiger partial charge in [-0.05, 0) is 44.0 Å². The van der Waals surface area contributed by atoms with Crippen LogP contribution in [-0.2, 0) is 9.84 Å². The van der Waals surface area contributed by atoms with Crippen molar-refractivity contribution < 1.29 is 21.6 Å². The van der Waals surface area contributed by atoms with Gasteiger partial charge in [-0.2, -0.15) is 8.78 Å². The lowest BCUT2D eigenvalue weighted by Gasteiger charge is -2.23. The number of rotatable bonds is 5. The number of alkyl halides is 5. The molecule has 1 aromatic rings. The summed E-state index contributed by atoms with van der Waals surface area (Å²) in [6.45, 7) is 0. The molecule has 1 aromatic carbocycles. The van der Waals surface area contributed by atoms with Gasteiger partial charge >= 0.3 is 4.83 Å². The van der Waals surface area contributed by atoms with Crippen molar-refractivity contribution in [1.82, 2.24) is 0 Å². The Morgan fingerprint density at radius 3 is 2.00 bits per heavy atom. The molecule has 0 bridgehead atoms. The predicted octanol–water partition coefficient (Wildman–Crippen LogP) is 3.90. The molecular weight excluding hydrogens is 401 g/mol. The van der Waals surface area contributed by atoms with E-state index in [9.17, 15) is 21.6 Å². The van der Waals surface area contributed by atoms with E-state index in [1.54, 1.807) is 6.07 Å². The lowest BCUT2D eigenvalue weighted by molar-refractivity contribution is 0.00344. The molecule has 102 valence electrons. The van der Waals surface area contributed by atoms with Crippen LogP contribution < -0.4 is 0 Å². The summed E-state index contributed by atoms with van der Waals surface area (Å²) in [6.07, 6.45) is -0.873. The standard InChI is InChI=1S/C10H9Br2F3O2S/c11-9(13,10(12,14)15)6-7-18(16,17)8-4-2-1-3-5-8/h1-5H,6-7H2/t9-/m1/s1. The first-order chi connectivity index (χ1) is 8.06. The average molecular weight is 410 g/mol. The molecule has 0 fully saturated rings. The van der Waals surface area contributed by atoms with E-state index in [2.05, 4.69) is 15.9 Å². The minimum absolute atomic E-state index is 0.0220. The predicted molar refractivity (Wildman–Crippen MR) is 69.8 cm³/mol. The molecule has 0 spiro atoms. The van der Waals surface area contributed by atoms with Crippen LogP contribution in [-0.4, -0.2) is 23.6 Å². The summed E-state index contributed by atoms with van der Waals surface area (Å²) in [5.41, 5.74) is 0. The van der Waals surface area contributed by atoms with Crippen molar-refractivity contribution in [3.05, 3.63) is 30.3 Å². The van der Waals surface area contributed by atoms with Crippen LogP contribution in [0.2, 0.25) is 0 Å². The molecule has 1 rings (SSSR count). The number of sulfone groups is 1. The lowest BCUT2D eigenvalue weighted by Crippen LogP contribution is -2.35. The monoisotopic (exact) mass is 408 g/mol. The SMILES string of the molecule is O=S(=O)(CC[C@](F)(Br)C(F)(F)Br)c1ccccc1. The molecule has 0 N–H and O–H groups in total. The Labute approximate surface area is 120 Å². The van der Waals surface area contributed by atoms with E-state index in [1.807, 2.05) is 15.9 Å². The van der Waals surface area contributed by atoms with Crippen LogP contribution in [0.3, 0.4) is 0 Å². The third-order valence-electron chi connectivity index (χ3n) is 2.20. The van der Waals surface area contributed by atoms with Crippen LogP contribution in [0.15, 0.2) is 35.2 Å². The van der Waals surface area contributed by atoms with Crippen LogP contribution in [0, 0.1) is 0 Å². The van der Waals surface area contributed by atoms with E-state index in [0.717, 1.165) is 0 Å². The molecule has 0 radical (unpaired) electrons. The third-order valence-corrected chi connectivity index (χ3v) is 5.99. The van der Waals surface area contributed by atoms with E-state index >= 15 is 0 Å². The van der Waals surface area contributed by atoms with E-state index in [0.29, 0.717) is 0 Å². The zero-order valence-electron chi connectivity index (χ0n) is 8.92. The molecule has 0 amide bonds. The van der Waals surface area contributed by atoms with Crippen molar-refractivity contribution in [2.75, 3.05) is 5.75 Å². The maximum atomic E-state index is 13.5. The quantitative estimate of drug-likeness (QED) is 0.691. The zero-order chi connectivity index (χ0) is 14.0. The summed E-state index contributed by atoms with van der Waals surface area (Å²) in [4.78, 5) is -3.86. The Hall–Kier alpha value is -0.0800. The Morgan fingerprint density at radius 1 is 1.06 bits per heavy atom. The van der Waals surface area contributed by atoms with Gasteiger partial charge in [0.1, 0.15) is 0 Å². The summed E-state index contributed by atoms with van der Waals surface area (Å²) < 4.78 is 59.5. The van der Waals surface area contributed by atoms with Crippen LogP contribution >= 0.6 is 31.9 Å². The Kier molecular flexibility index (Phi) is 4.88. The molecule has 8 heteroatoms. The Bertz CT molecular complexity index is 498. The van der Waals surface area contributed by atoms with E-state index in [-0.39, 0.29) is 4.90 Å². The highest BCUT2D eigenvalue weighted by Crippen LogP contribution is 2.45. The minimum Gasteiger partial charge on any atom is -0.224 e. The Balaban J connectivity index is 2.82. The average Bonchev–Trinajstić information content (AvgIpc) is 2.26. The van der Waals surface area contributed by atoms with E-state index in [4.69, 9.17) is 0 Å². The summed E-state index contributed by atoms with van der Waals surface area (Å²) in [7, 11) is -3.78. The van der Waals surface area contributed by atoms with Gasteiger partial charge in [0, 0.05) is 6.42 Å². The number of halogens is 5. The lowest BCUT2D eigenvalue weighted by atomic mass is 10.3. The second-order valence-electron chi connectivity index (χ2n) is 3.58. The van der Waals surface area contributed by atoms with Crippen molar-refractivity contribution in [1.29, 1.82) is 0 Å². The minimum atomic E-state index is -3.84. The molecule has 0 aromatic heterocycles. The van der Waals surface area contributed by atoms with Gasteiger partial charge in [-0.25, -0.2) is 12.8 Å². The van der Waals surface area contributed by atoms with Crippen molar-refractivity contribution in [2.24, 2.45) is 0 Å². The van der Waals surface area contributed by atoms with E-state index < -0.39 is 31.4 Å². The molecule has 1 atom stereocenters. The normalized spacial score (nSPS) is 16.3. The first-order valence-electron chi connectivity index (χ1n) is 4.79. The van der Waals surface area contributed by atoms with Gasteiger partial charge in [-0.1, -0.05) is 18.2 Å². The summed E-state index contributed by atoms with van der Waals surface area (Å²) >= 11 is 4.07. The summed E-state index contributed by atoms with van der Waals surface area (Å²) in [5, 5.41) is 0. The number of hydrogen-bond donors (Lipinski definition) is 0. The molecule has 0 saturated carbocycles. The summed E-state index contributed by atoms with van der Waals surface area (Å²) in [5.74, 6) is -0.722. The van der Waals surface area contributed by atoms with Crippen LogP contribution in [0.4, 0.5) is 13.2 Å². The van der Waals surface area contributed by atoms with Crippen molar-refractivity contribution in [3.63, 3.8) is 0 Å². The smallest absolute Gasteiger partial charge is 0.224 e. The van der Waals surface area contributed by atoms with Crippen LogP contribution in [0.1, 0.15) is 6.42 Å². The largest absolute Gasteiger partial charge is 0.344 e.